The van der Waals surface area contributed by atoms with Gasteiger partial charge in [-0.25, -0.2) is 0 Å². The van der Waals surface area contributed by atoms with Crippen LogP contribution < -0.4 is 4.74 Å². The lowest BCUT2D eigenvalue weighted by Crippen LogP contribution is -2.40. The number of nitrogens with zero attached hydrogens (tertiary/aromatic N) is 4. The quantitative estimate of drug-likeness (QED) is 0.113. The van der Waals surface area contributed by atoms with Gasteiger partial charge in [0.25, 0.3) is 23.6 Å². The number of amides is 4. The van der Waals surface area contributed by atoms with Crippen LogP contribution in [0.4, 0.5) is 0 Å². The third kappa shape index (κ3) is 16.0. The van der Waals surface area contributed by atoms with Crippen LogP contribution in [-0.4, -0.2) is 96.5 Å². The average molecular weight is 1720 g/mol. The second-order valence-electron chi connectivity index (χ2n) is 29.0. The molecule has 11 aromatic carbocycles. The van der Waals surface area contributed by atoms with E-state index in [0.717, 1.165) is 103 Å². The van der Waals surface area contributed by atoms with E-state index in [-0.39, 0.29) is 47.8 Å². The summed E-state index contributed by atoms with van der Waals surface area (Å²) in [5.41, 5.74) is 19.3. The van der Waals surface area contributed by atoms with Gasteiger partial charge in [-0.1, -0.05) is 220 Å². The van der Waals surface area contributed by atoms with Gasteiger partial charge in [0.1, 0.15) is 5.75 Å². The Balaban J connectivity index is 0.000000112. The molecule has 20 rings (SSSR count). The Hall–Kier alpha value is -10.7. The van der Waals surface area contributed by atoms with E-state index in [9.17, 15) is 19.2 Å². The fourth-order valence-corrected chi connectivity index (χ4v) is 19.1. The molecule has 0 aliphatic carbocycles. The molecule has 0 radical (unpaired) electrons. The summed E-state index contributed by atoms with van der Waals surface area (Å²) in [6, 6.07) is 84.2. The number of hydrogen-bond donors (Lipinski definition) is 4. The molecule has 13 nitrogen and oxygen atoms in total. The molecule has 0 fully saturated rings. The van der Waals surface area contributed by atoms with Crippen LogP contribution in [0.25, 0.3) is 43.6 Å². The number of benzene rings is 11. The van der Waals surface area contributed by atoms with E-state index in [2.05, 4.69) is 80.6 Å². The molecular weight excluding hydrogens is 1650 g/mol. The standard InChI is InChI=1S/C25H21ClN2O2.2C24H17Cl3N2O.C22H17ClN2OS/c1-30-19-12-8-17(9-13-19)25(29)28-15-14-21-20-4-2-3-5-22(20)27-23(21)24(28)16-6-10-18(26)11-7-16;25-16-7-5-14(6-8-16)23-22-20(19-3-1-2-4-21(19)28-22)9-10-29(23)24(30)15-11-17(26)13-18(27)12-15;25-15-7-5-14(6-8-15)23-22-18(17-3-1-2-4-21(17)28-22)11-12-29(23)24(30)19-10-9-16(26)13-20(19)27;23-15-9-7-14(8-10-15)21-20-17(16-4-1-2-5-18(16)24-20)11-12-25(21)22(26)19-6-3-13-27-19/h2-13,24,27H,14-15H2,1H3;1-8,11-13,23,28H,9-10H2;1-10,13,23,28H,11-12H2;1-10,13,21,24H,11-12H2. The van der Waals surface area contributed by atoms with Gasteiger partial charge in [0.05, 0.1) is 46.7 Å². The molecule has 4 aliphatic rings. The number of aromatic amines is 4. The molecule has 16 aromatic rings. The van der Waals surface area contributed by atoms with E-state index in [4.69, 9.17) is 97.5 Å². The molecule has 22 heteroatoms. The molecule has 0 spiro atoms. The van der Waals surface area contributed by atoms with E-state index in [1.807, 2.05) is 195 Å². The van der Waals surface area contributed by atoms with Crippen molar-refractivity contribution in [3.63, 3.8) is 0 Å². The first-order chi connectivity index (χ1) is 56.9. The number of aromatic nitrogens is 4. The van der Waals surface area contributed by atoms with E-state index in [0.29, 0.717) is 83.1 Å². The number of rotatable bonds is 9. The van der Waals surface area contributed by atoms with Gasteiger partial charge in [0.15, 0.2) is 0 Å². The monoisotopic (exact) mass is 1720 g/mol. The minimum atomic E-state index is -0.266. The zero-order valence-corrected chi connectivity index (χ0v) is 69.6. The summed E-state index contributed by atoms with van der Waals surface area (Å²) in [5.74, 6) is 0.582. The molecular formula is C95H72Cl8N8O5S. The molecule has 4 atom stereocenters. The second kappa shape index (κ2) is 34.1. The topological polar surface area (TPSA) is 154 Å². The van der Waals surface area contributed by atoms with Gasteiger partial charge < -0.3 is 44.3 Å². The van der Waals surface area contributed by atoms with E-state index in [1.54, 1.807) is 43.5 Å². The summed E-state index contributed by atoms with van der Waals surface area (Å²) in [6.07, 6.45) is 3.19. The molecule has 9 heterocycles. The number of ether oxygens (including phenoxy) is 1. The number of carbonyl (C=O) groups is 4. The highest BCUT2D eigenvalue weighted by atomic mass is 35.5. The minimum absolute atomic E-state index is 0.00177. The van der Waals surface area contributed by atoms with Crippen molar-refractivity contribution in [2.75, 3.05) is 33.3 Å². The van der Waals surface area contributed by atoms with Crippen LogP contribution in [-0.2, 0) is 25.7 Å². The highest BCUT2D eigenvalue weighted by Gasteiger charge is 2.40. The number of thiophene rings is 1. The smallest absolute Gasteiger partial charge is 0.264 e. The normalized spacial score (nSPS) is 16.0. The third-order valence-electron chi connectivity index (χ3n) is 22.3. The molecule has 4 amide bonds. The number of para-hydroxylation sites is 4. The van der Waals surface area contributed by atoms with Crippen molar-refractivity contribution < 1.29 is 23.9 Å². The number of carbonyl (C=O) groups excluding carboxylic acids is 4. The molecule has 117 heavy (non-hydrogen) atoms. The van der Waals surface area contributed by atoms with E-state index < -0.39 is 0 Å². The molecule has 584 valence electrons. The molecule has 5 aromatic heterocycles. The van der Waals surface area contributed by atoms with Crippen LogP contribution in [0.1, 0.15) is 132 Å². The number of halogens is 8. The van der Waals surface area contributed by atoms with Crippen molar-refractivity contribution in [1.29, 1.82) is 0 Å². The molecule has 4 N–H and O–H groups in total. The van der Waals surface area contributed by atoms with Gasteiger partial charge in [-0.05, 0) is 215 Å². The van der Waals surface area contributed by atoms with Crippen LogP contribution >= 0.6 is 104 Å². The molecule has 4 unspecified atom stereocenters. The van der Waals surface area contributed by atoms with Crippen LogP contribution in [0.5, 0.6) is 5.75 Å². The van der Waals surface area contributed by atoms with Crippen LogP contribution in [0, 0.1) is 0 Å². The fourth-order valence-electron chi connectivity index (χ4n) is 16.9. The Morgan fingerprint density at radius 1 is 0.325 bits per heavy atom. The SMILES string of the molecule is COc1ccc(C(=O)N2CCc3c([nH]c4ccccc34)C2c2ccc(Cl)cc2)cc1.O=C(c1cc(Cl)cc(Cl)c1)N1CCc2c([nH]c3ccccc23)C1c1ccc(Cl)cc1.O=C(c1ccc(Cl)cc1Cl)N1CCc2c([nH]c3ccccc23)C1c1ccc(Cl)cc1.O=C(c1cccs1)N1CCc2c([nH]c3ccccc23)C1c1ccc(Cl)cc1. The van der Waals surface area contributed by atoms with Gasteiger partial charge >= 0.3 is 0 Å². The zero-order valence-electron chi connectivity index (χ0n) is 62.7. The number of nitrogens with one attached hydrogen (secondary N) is 4. The number of fused-ring (bicyclic) bond motifs is 12. The Bertz CT molecular complexity index is 6390. The maximum Gasteiger partial charge on any atom is 0.264 e. The van der Waals surface area contributed by atoms with Gasteiger partial charge in [0.2, 0.25) is 0 Å². The Kier molecular flexibility index (Phi) is 22.9. The first-order valence-corrected chi connectivity index (χ1v) is 42.0. The van der Waals surface area contributed by atoms with Gasteiger partial charge in [0, 0.05) is 139 Å². The average Bonchev–Trinajstić information content (AvgIpc) is 1.65. The first kappa shape index (κ1) is 78.8. The maximum absolute atomic E-state index is 13.6. The van der Waals surface area contributed by atoms with Crippen molar-refractivity contribution in [3.8, 4) is 5.75 Å². The Morgan fingerprint density at radius 2 is 0.650 bits per heavy atom. The lowest BCUT2D eigenvalue weighted by atomic mass is 9.91. The largest absolute Gasteiger partial charge is 0.497 e. The molecule has 0 saturated carbocycles. The van der Waals surface area contributed by atoms with Crippen LogP contribution in [0.3, 0.4) is 0 Å². The number of hydrogen-bond acceptors (Lipinski definition) is 6. The van der Waals surface area contributed by atoms with Crippen molar-refractivity contribution in [2.45, 2.75) is 49.9 Å². The van der Waals surface area contributed by atoms with Gasteiger partial charge in [-0.15, -0.1) is 11.3 Å². The Labute approximate surface area is 719 Å². The molecule has 0 saturated heterocycles. The summed E-state index contributed by atoms with van der Waals surface area (Å²) in [6.45, 7) is 2.51. The van der Waals surface area contributed by atoms with Crippen molar-refractivity contribution in [3.05, 3.63) is 401 Å². The van der Waals surface area contributed by atoms with Crippen LogP contribution in [0.2, 0.25) is 40.2 Å². The first-order valence-electron chi connectivity index (χ1n) is 38.1. The molecule has 4 aliphatic heterocycles. The van der Waals surface area contributed by atoms with E-state index in [1.165, 1.54) is 55.1 Å². The minimum Gasteiger partial charge on any atom is -0.497 e. The van der Waals surface area contributed by atoms with Crippen molar-refractivity contribution in [2.24, 2.45) is 0 Å². The number of methoxy groups -OCH3 is 1. The summed E-state index contributed by atoms with van der Waals surface area (Å²) < 4.78 is 5.23. The van der Waals surface area contributed by atoms with Gasteiger partial charge in [-0.3, -0.25) is 19.2 Å². The lowest BCUT2D eigenvalue weighted by molar-refractivity contribution is 0.0685. The predicted octanol–water partition coefficient (Wildman–Crippen LogP) is 25.1. The van der Waals surface area contributed by atoms with Crippen LogP contribution in [0.15, 0.2) is 272 Å². The third-order valence-corrected chi connectivity index (χ3v) is 25.1. The van der Waals surface area contributed by atoms with Gasteiger partial charge in [-0.2, -0.15) is 0 Å². The fraction of sp³-hybridized carbons (Fsp3) is 0.137. The highest BCUT2D eigenvalue weighted by molar-refractivity contribution is 7.12. The maximum atomic E-state index is 13.6. The summed E-state index contributed by atoms with van der Waals surface area (Å²) >= 11 is 50.7. The number of H-pyrrole nitrogens is 4. The molecule has 0 bridgehead atoms. The van der Waals surface area contributed by atoms with Crippen molar-refractivity contribution >= 4 is 171 Å². The summed E-state index contributed by atoms with van der Waals surface area (Å²) in [7, 11) is 1.62. The lowest BCUT2D eigenvalue weighted by Gasteiger charge is -2.36. The second-order valence-corrected chi connectivity index (χ2v) is 33.5. The zero-order chi connectivity index (χ0) is 80.7. The highest BCUT2D eigenvalue weighted by Crippen LogP contribution is 2.46. The summed E-state index contributed by atoms with van der Waals surface area (Å²) in [4.78, 5) is 76.6. The van der Waals surface area contributed by atoms with Crippen molar-refractivity contribution in [1.82, 2.24) is 39.5 Å². The Morgan fingerprint density at radius 3 is 0.983 bits per heavy atom. The predicted molar refractivity (Wildman–Crippen MR) is 476 cm³/mol. The summed E-state index contributed by atoms with van der Waals surface area (Å²) in [5, 5.41) is 11.2. The van der Waals surface area contributed by atoms with E-state index >= 15 is 0 Å².